The van der Waals surface area contributed by atoms with Crippen LogP contribution in [0.5, 0.6) is 0 Å². The number of hydrogen-bond donors (Lipinski definition) is 2. The first-order valence-corrected chi connectivity index (χ1v) is 10.2. The number of halogens is 1. The van der Waals surface area contributed by atoms with Crippen molar-refractivity contribution < 1.29 is 0 Å². The van der Waals surface area contributed by atoms with Gasteiger partial charge < -0.3 is 15.5 Å². The summed E-state index contributed by atoms with van der Waals surface area (Å²) in [5.41, 5.74) is 1.44. The zero-order chi connectivity index (χ0) is 18.2. The molecular weight excluding hydrogens is 449 g/mol. The third kappa shape index (κ3) is 6.91. The van der Waals surface area contributed by atoms with Gasteiger partial charge in [-0.25, -0.2) is 0 Å². The van der Waals surface area contributed by atoms with E-state index in [0.717, 1.165) is 45.1 Å². The molecular formula is C21H36IN5. The smallest absolute Gasteiger partial charge is 0.191 e. The second kappa shape index (κ2) is 11.9. The van der Waals surface area contributed by atoms with E-state index in [1.165, 1.54) is 31.2 Å². The molecule has 2 fully saturated rings. The van der Waals surface area contributed by atoms with Crippen molar-refractivity contribution in [3.05, 3.63) is 35.9 Å². The minimum Gasteiger partial charge on any atom is -0.356 e. The minimum atomic E-state index is 0. The van der Waals surface area contributed by atoms with Crippen molar-refractivity contribution in [2.75, 3.05) is 46.8 Å². The minimum absolute atomic E-state index is 0. The molecule has 2 N–H and O–H groups in total. The van der Waals surface area contributed by atoms with Gasteiger partial charge in [0.2, 0.25) is 0 Å². The molecule has 3 rings (SSSR count). The molecule has 1 aliphatic carbocycles. The van der Waals surface area contributed by atoms with Crippen LogP contribution in [-0.4, -0.2) is 68.6 Å². The van der Waals surface area contributed by atoms with Crippen molar-refractivity contribution in [3.63, 3.8) is 0 Å². The predicted octanol–water partition coefficient (Wildman–Crippen LogP) is 3.09. The van der Waals surface area contributed by atoms with Gasteiger partial charge in [0.1, 0.15) is 0 Å². The van der Waals surface area contributed by atoms with E-state index in [2.05, 4.69) is 62.8 Å². The molecule has 6 heteroatoms. The van der Waals surface area contributed by atoms with Gasteiger partial charge in [0.15, 0.2) is 5.96 Å². The summed E-state index contributed by atoms with van der Waals surface area (Å²) in [5.74, 6) is 0.967. The first-order valence-electron chi connectivity index (χ1n) is 10.2. The maximum atomic E-state index is 4.38. The van der Waals surface area contributed by atoms with Gasteiger partial charge >= 0.3 is 0 Å². The average molecular weight is 485 g/mol. The SMILES string of the molecule is CN=C(NCCCN1CCN(C)CC1c1ccccc1)NC1CCCC1.I. The Morgan fingerprint density at radius 3 is 2.59 bits per heavy atom. The molecule has 1 heterocycles. The average Bonchev–Trinajstić information content (AvgIpc) is 3.19. The monoisotopic (exact) mass is 485 g/mol. The summed E-state index contributed by atoms with van der Waals surface area (Å²) >= 11 is 0. The van der Waals surface area contributed by atoms with Gasteiger partial charge in [-0.15, -0.1) is 24.0 Å². The van der Waals surface area contributed by atoms with Gasteiger partial charge in [-0.2, -0.15) is 0 Å². The summed E-state index contributed by atoms with van der Waals surface area (Å²) in [6, 6.07) is 12.1. The molecule has 1 saturated heterocycles. The lowest BCUT2D eigenvalue weighted by molar-refractivity contribution is 0.0891. The number of hydrogen-bond acceptors (Lipinski definition) is 3. The molecule has 2 aliphatic rings. The number of nitrogens with one attached hydrogen (secondary N) is 2. The van der Waals surface area contributed by atoms with Crippen molar-refractivity contribution in [1.29, 1.82) is 0 Å². The number of nitrogens with zero attached hydrogens (tertiary/aromatic N) is 3. The topological polar surface area (TPSA) is 42.9 Å². The summed E-state index contributed by atoms with van der Waals surface area (Å²) in [6.07, 6.45) is 6.39. The van der Waals surface area contributed by atoms with E-state index in [4.69, 9.17) is 0 Å². The van der Waals surface area contributed by atoms with Gasteiger partial charge in [0, 0.05) is 51.9 Å². The van der Waals surface area contributed by atoms with E-state index in [9.17, 15) is 0 Å². The summed E-state index contributed by atoms with van der Waals surface area (Å²) in [6.45, 7) is 5.51. The third-order valence-electron chi connectivity index (χ3n) is 5.71. The fourth-order valence-corrected chi connectivity index (χ4v) is 4.16. The lowest BCUT2D eigenvalue weighted by Crippen LogP contribution is -2.48. The summed E-state index contributed by atoms with van der Waals surface area (Å²) in [4.78, 5) is 9.47. The molecule has 0 aromatic heterocycles. The quantitative estimate of drug-likeness (QED) is 0.281. The van der Waals surface area contributed by atoms with Crippen LogP contribution >= 0.6 is 24.0 Å². The Bertz CT molecular complexity index is 559. The third-order valence-corrected chi connectivity index (χ3v) is 5.71. The maximum absolute atomic E-state index is 4.38. The Morgan fingerprint density at radius 1 is 1.15 bits per heavy atom. The highest BCUT2D eigenvalue weighted by atomic mass is 127. The maximum Gasteiger partial charge on any atom is 0.191 e. The molecule has 5 nitrogen and oxygen atoms in total. The van der Waals surface area contributed by atoms with Crippen LogP contribution in [0.2, 0.25) is 0 Å². The van der Waals surface area contributed by atoms with Crippen LogP contribution in [0.4, 0.5) is 0 Å². The van der Waals surface area contributed by atoms with Gasteiger partial charge in [0.25, 0.3) is 0 Å². The Hall–Kier alpha value is -0.860. The van der Waals surface area contributed by atoms with Gasteiger partial charge in [-0.05, 0) is 31.9 Å². The fourth-order valence-electron chi connectivity index (χ4n) is 4.16. The molecule has 1 aromatic carbocycles. The molecule has 1 saturated carbocycles. The van der Waals surface area contributed by atoms with Crippen LogP contribution in [-0.2, 0) is 0 Å². The number of rotatable bonds is 6. The summed E-state index contributed by atoms with van der Waals surface area (Å²) < 4.78 is 0. The first-order chi connectivity index (χ1) is 12.8. The van der Waals surface area contributed by atoms with Crippen molar-refractivity contribution in [2.45, 2.75) is 44.2 Å². The van der Waals surface area contributed by atoms with Crippen molar-refractivity contribution in [1.82, 2.24) is 20.4 Å². The molecule has 1 unspecified atom stereocenters. The van der Waals surface area contributed by atoms with Crippen LogP contribution in [0.3, 0.4) is 0 Å². The Balaban J connectivity index is 0.00000261. The predicted molar refractivity (Wildman–Crippen MR) is 125 cm³/mol. The molecule has 0 radical (unpaired) electrons. The highest BCUT2D eigenvalue weighted by Gasteiger charge is 2.26. The Morgan fingerprint density at radius 2 is 1.89 bits per heavy atom. The van der Waals surface area contributed by atoms with E-state index >= 15 is 0 Å². The number of piperazine rings is 1. The van der Waals surface area contributed by atoms with Crippen molar-refractivity contribution >= 4 is 29.9 Å². The zero-order valence-corrected chi connectivity index (χ0v) is 19.2. The molecule has 0 spiro atoms. The number of benzene rings is 1. The van der Waals surface area contributed by atoms with Crippen LogP contribution in [0.15, 0.2) is 35.3 Å². The van der Waals surface area contributed by atoms with E-state index in [1.54, 1.807) is 0 Å². The molecule has 152 valence electrons. The molecule has 1 aromatic rings. The Labute approximate surface area is 182 Å². The second-order valence-corrected chi connectivity index (χ2v) is 7.70. The molecule has 0 amide bonds. The largest absolute Gasteiger partial charge is 0.356 e. The molecule has 0 bridgehead atoms. The van der Waals surface area contributed by atoms with Crippen LogP contribution < -0.4 is 10.6 Å². The standard InChI is InChI=1S/C21H35N5.HI/c1-22-21(24-19-11-6-7-12-19)23-13-8-14-26-16-15-25(2)17-20(26)18-9-4-3-5-10-18;/h3-5,9-10,19-20H,6-8,11-17H2,1-2H3,(H2,22,23,24);1H. The van der Waals surface area contributed by atoms with E-state index in [-0.39, 0.29) is 24.0 Å². The first kappa shape index (κ1) is 22.4. The number of aliphatic imine (C=N–C) groups is 1. The van der Waals surface area contributed by atoms with Crippen molar-refractivity contribution in [3.8, 4) is 0 Å². The normalized spacial score (nSPS) is 22.4. The number of likely N-dealkylation sites (N-methyl/N-ethyl adjacent to an activating group) is 1. The van der Waals surface area contributed by atoms with Crippen molar-refractivity contribution in [2.24, 2.45) is 4.99 Å². The summed E-state index contributed by atoms with van der Waals surface area (Å²) in [5, 5.41) is 7.06. The zero-order valence-electron chi connectivity index (χ0n) is 16.9. The highest BCUT2D eigenvalue weighted by Crippen LogP contribution is 2.24. The fraction of sp³-hybridized carbons (Fsp3) is 0.667. The lowest BCUT2D eigenvalue weighted by Gasteiger charge is -2.40. The van der Waals surface area contributed by atoms with Crippen LogP contribution in [0, 0.1) is 0 Å². The Kier molecular flexibility index (Phi) is 9.86. The molecule has 1 aliphatic heterocycles. The molecule has 27 heavy (non-hydrogen) atoms. The van der Waals surface area contributed by atoms with Gasteiger partial charge in [-0.1, -0.05) is 43.2 Å². The van der Waals surface area contributed by atoms with Gasteiger partial charge in [0.05, 0.1) is 0 Å². The van der Waals surface area contributed by atoms with Gasteiger partial charge in [-0.3, -0.25) is 9.89 Å². The second-order valence-electron chi connectivity index (χ2n) is 7.70. The van der Waals surface area contributed by atoms with E-state index in [1.807, 2.05) is 7.05 Å². The van der Waals surface area contributed by atoms with E-state index < -0.39 is 0 Å². The highest BCUT2D eigenvalue weighted by molar-refractivity contribution is 14.0. The lowest BCUT2D eigenvalue weighted by atomic mass is 10.0. The summed E-state index contributed by atoms with van der Waals surface area (Å²) in [7, 11) is 4.10. The van der Waals surface area contributed by atoms with E-state index in [0.29, 0.717) is 12.1 Å². The molecule has 1 atom stereocenters. The van der Waals surface area contributed by atoms with Crippen LogP contribution in [0.25, 0.3) is 0 Å². The van der Waals surface area contributed by atoms with Crippen LogP contribution in [0.1, 0.15) is 43.7 Å². The number of guanidine groups is 1.